The lowest BCUT2D eigenvalue weighted by molar-refractivity contribution is 0.0697. The van der Waals surface area contributed by atoms with Gasteiger partial charge in [-0.15, -0.1) is 11.3 Å². The highest BCUT2D eigenvalue weighted by atomic mass is 32.1. The molecule has 0 atom stereocenters. The van der Waals surface area contributed by atoms with Gasteiger partial charge in [0.1, 0.15) is 6.33 Å². The third-order valence-corrected chi connectivity index (χ3v) is 3.95. The van der Waals surface area contributed by atoms with Gasteiger partial charge in [-0.3, -0.25) is 0 Å². The first-order chi connectivity index (χ1) is 10.2. The van der Waals surface area contributed by atoms with Crippen LogP contribution in [0.5, 0.6) is 5.88 Å². The SMILES string of the molecule is O=C(O)c1ccc2c(OCCc3cccs3)ncnc2c1. The van der Waals surface area contributed by atoms with Gasteiger partial charge in [0.05, 0.1) is 23.1 Å². The molecular formula is C15H12N2O3S. The summed E-state index contributed by atoms with van der Waals surface area (Å²) in [6.07, 6.45) is 2.20. The van der Waals surface area contributed by atoms with Crippen LogP contribution in [0.4, 0.5) is 0 Å². The average molecular weight is 300 g/mol. The fourth-order valence-corrected chi connectivity index (χ4v) is 2.67. The third-order valence-electron chi connectivity index (χ3n) is 3.01. The summed E-state index contributed by atoms with van der Waals surface area (Å²) in [5.41, 5.74) is 0.766. The van der Waals surface area contributed by atoms with Crippen LogP contribution in [-0.2, 0) is 6.42 Å². The number of ether oxygens (including phenoxy) is 1. The molecule has 0 unspecified atom stereocenters. The van der Waals surface area contributed by atoms with Crippen LogP contribution < -0.4 is 4.74 Å². The van der Waals surface area contributed by atoms with Crippen LogP contribution in [0.1, 0.15) is 15.2 Å². The Bertz CT molecular complexity index is 772. The molecule has 0 radical (unpaired) electrons. The number of rotatable bonds is 5. The zero-order valence-corrected chi connectivity index (χ0v) is 11.8. The van der Waals surface area contributed by atoms with Crippen LogP contribution >= 0.6 is 11.3 Å². The van der Waals surface area contributed by atoms with Crippen LogP contribution in [0, 0.1) is 0 Å². The van der Waals surface area contributed by atoms with Crippen LogP contribution in [0.15, 0.2) is 42.0 Å². The molecule has 1 N–H and O–H groups in total. The van der Waals surface area contributed by atoms with Crippen molar-refractivity contribution >= 4 is 28.2 Å². The second-order valence-electron chi connectivity index (χ2n) is 4.39. The molecule has 0 saturated heterocycles. The van der Waals surface area contributed by atoms with E-state index in [1.165, 1.54) is 23.3 Å². The summed E-state index contributed by atoms with van der Waals surface area (Å²) in [7, 11) is 0. The second kappa shape index (κ2) is 5.88. The number of thiophene rings is 1. The maximum atomic E-state index is 11.0. The molecule has 0 aliphatic heterocycles. The summed E-state index contributed by atoms with van der Waals surface area (Å²) < 4.78 is 5.70. The van der Waals surface area contributed by atoms with Gasteiger partial charge in [-0.05, 0) is 29.6 Å². The average Bonchev–Trinajstić information content (AvgIpc) is 3.00. The van der Waals surface area contributed by atoms with E-state index in [0.29, 0.717) is 23.4 Å². The van der Waals surface area contributed by atoms with Crippen molar-refractivity contribution in [3.05, 3.63) is 52.5 Å². The molecule has 1 aromatic carbocycles. The molecule has 3 aromatic rings. The van der Waals surface area contributed by atoms with Crippen molar-refractivity contribution in [2.24, 2.45) is 0 Å². The van der Waals surface area contributed by atoms with E-state index in [1.54, 1.807) is 17.4 Å². The molecule has 0 spiro atoms. The molecule has 2 heterocycles. The predicted molar refractivity (Wildman–Crippen MR) is 80.0 cm³/mol. The van der Waals surface area contributed by atoms with Crippen molar-refractivity contribution < 1.29 is 14.6 Å². The Morgan fingerprint density at radius 2 is 2.19 bits per heavy atom. The Balaban J connectivity index is 1.80. The third kappa shape index (κ3) is 3.00. The molecule has 21 heavy (non-hydrogen) atoms. The molecular weight excluding hydrogens is 288 g/mol. The largest absolute Gasteiger partial charge is 0.478 e. The van der Waals surface area contributed by atoms with Gasteiger partial charge in [-0.2, -0.15) is 0 Å². The minimum Gasteiger partial charge on any atom is -0.478 e. The Morgan fingerprint density at radius 1 is 1.29 bits per heavy atom. The first-order valence-electron chi connectivity index (χ1n) is 6.37. The van der Waals surface area contributed by atoms with E-state index in [0.717, 1.165) is 6.42 Å². The van der Waals surface area contributed by atoms with Crippen molar-refractivity contribution in [2.75, 3.05) is 6.61 Å². The number of carboxylic acids is 1. The number of nitrogens with zero attached hydrogens (tertiary/aromatic N) is 2. The fourth-order valence-electron chi connectivity index (χ4n) is 1.98. The number of carbonyl (C=O) groups is 1. The molecule has 106 valence electrons. The number of aromatic carboxylic acids is 1. The number of hydrogen-bond donors (Lipinski definition) is 1. The van der Waals surface area contributed by atoms with Crippen LogP contribution in [0.3, 0.4) is 0 Å². The topological polar surface area (TPSA) is 72.3 Å². The van der Waals surface area contributed by atoms with Crippen LogP contribution in [0.25, 0.3) is 10.9 Å². The van der Waals surface area contributed by atoms with Crippen molar-refractivity contribution in [2.45, 2.75) is 6.42 Å². The molecule has 2 aromatic heterocycles. The molecule has 0 amide bonds. The maximum Gasteiger partial charge on any atom is 0.335 e. The molecule has 0 aliphatic carbocycles. The molecule has 0 saturated carbocycles. The van der Waals surface area contributed by atoms with Crippen molar-refractivity contribution in [3.63, 3.8) is 0 Å². The maximum absolute atomic E-state index is 11.0. The number of benzene rings is 1. The van der Waals surface area contributed by atoms with E-state index in [9.17, 15) is 4.79 Å². The summed E-state index contributed by atoms with van der Waals surface area (Å²) in [5.74, 6) is -0.496. The van der Waals surface area contributed by atoms with Gasteiger partial charge in [0.2, 0.25) is 5.88 Å². The fraction of sp³-hybridized carbons (Fsp3) is 0.133. The Kier molecular flexibility index (Phi) is 3.79. The van der Waals surface area contributed by atoms with Gasteiger partial charge in [-0.25, -0.2) is 14.8 Å². The first-order valence-corrected chi connectivity index (χ1v) is 7.25. The lowest BCUT2D eigenvalue weighted by atomic mass is 10.1. The van der Waals surface area contributed by atoms with Crippen molar-refractivity contribution in [1.29, 1.82) is 0 Å². The normalized spacial score (nSPS) is 10.7. The molecule has 6 heteroatoms. The van der Waals surface area contributed by atoms with E-state index >= 15 is 0 Å². The summed E-state index contributed by atoms with van der Waals surface area (Å²) in [6, 6.07) is 8.80. The highest BCUT2D eigenvalue weighted by Gasteiger charge is 2.09. The summed E-state index contributed by atoms with van der Waals surface area (Å²) in [5, 5.41) is 11.7. The Hall–Kier alpha value is -2.47. The predicted octanol–water partition coefficient (Wildman–Crippen LogP) is 3.01. The second-order valence-corrected chi connectivity index (χ2v) is 5.43. The molecule has 3 rings (SSSR count). The van der Waals surface area contributed by atoms with Gasteiger partial charge in [-0.1, -0.05) is 6.07 Å². The Morgan fingerprint density at radius 3 is 2.95 bits per heavy atom. The smallest absolute Gasteiger partial charge is 0.335 e. The van der Waals surface area contributed by atoms with Gasteiger partial charge in [0, 0.05) is 11.3 Å². The Labute approximate surface area is 124 Å². The van der Waals surface area contributed by atoms with Gasteiger partial charge in [0.25, 0.3) is 0 Å². The minimum absolute atomic E-state index is 0.200. The minimum atomic E-state index is -0.976. The lowest BCUT2D eigenvalue weighted by Gasteiger charge is -2.07. The summed E-state index contributed by atoms with van der Waals surface area (Å²) >= 11 is 1.69. The summed E-state index contributed by atoms with van der Waals surface area (Å²) in [6.45, 7) is 0.521. The molecule has 0 bridgehead atoms. The standard InChI is InChI=1S/C15H12N2O3S/c18-15(19)10-3-4-12-13(8-10)16-9-17-14(12)20-6-5-11-2-1-7-21-11/h1-4,7-9H,5-6H2,(H,18,19). The quantitative estimate of drug-likeness (QED) is 0.784. The van der Waals surface area contributed by atoms with Gasteiger partial charge >= 0.3 is 5.97 Å². The first kappa shape index (κ1) is 13.5. The molecule has 0 aliphatic rings. The van der Waals surface area contributed by atoms with Crippen LogP contribution in [-0.4, -0.2) is 27.7 Å². The monoisotopic (exact) mass is 300 g/mol. The van der Waals surface area contributed by atoms with Crippen molar-refractivity contribution in [1.82, 2.24) is 9.97 Å². The molecule has 5 nitrogen and oxygen atoms in total. The number of aromatic nitrogens is 2. The van der Waals surface area contributed by atoms with E-state index in [1.807, 2.05) is 11.4 Å². The summed E-state index contributed by atoms with van der Waals surface area (Å²) in [4.78, 5) is 20.4. The zero-order valence-electron chi connectivity index (χ0n) is 11.0. The lowest BCUT2D eigenvalue weighted by Crippen LogP contribution is -2.03. The number of fused-ring (bicyclic) bond motifs is 1. The van der Waals surface area contributed by atoms with Crippen molar-refractivity contribution in [3.8, 4) is 5.88 Å². The molecule has 0 fully saturated rings. The number of carboxylic acid groups (broad SMARTS) is 1. The zero-order chi connectivity index (χ0) is 14.7. The number of hydrogen-bond acceptors (Lipinski definition) is 5. The van der Waals surface area contributed by atoms with E-state index in [4.69, 9.17) is 9.84 Å². The van der Waals surface area contributed by atoms with E-state index in [2.05, 4.69) is 16.0 Å². The van der Waals surface area contributed by atoms with E-state index < -0.39 is 5.97 Å². The van der Waals surface area contributed by atoms with Crippen LogP contribution in [0.2, 0.25) is 0 Å². The highest BCUT2D eigenvalue weighted by molar-refractivity contribution is 7.09. The highest BCUT2D eigenvalue weighted by Crippen LogP contribution is 2.22. The van der Waals surface area contributed by atoms with Gasteiger partial charge < -0.3 is 9.84 Å². The van der Waals surface area contributed by atoms with E-state index in [-0.39, 0.29) is 5.56 Å². The van der Waals surface area contributed by atoms with Gasteiger partial charge in [0.15, 0.2) is 0 Å².